The SMILES string of the molecule is O=S(=O)(c1cc(Br)[c]c(Br)c1-c1c(Cl)cccc1Cl)C(F)(F)C(F)(F)C(F)(F)F. The quantitative estimate of drug-likeness (QED) is 0.335. The van der Waals surface area contributed by atoms with Gasteiger partial charge >= 0.3 is 17.4 Å². The van der Waals surface area contributed by atoms with Crippen LogP contribution in [-0.4, -0.2) is 25.8 Å². The first-order valence-corrected chi connectivity index (χ1v) is 10.7. The fourth-order valence-electron chi connectivity index (χ4n) is 2.15. The van der Waals surface area contributed by atoms with Crippen LogP contribution in [0.1, 0.15) is 0 Å². The Bertz CT molecular complexity index is 1050. The van der Waals surface area contributed by atoms with Gasteiger partial charge in [-0.2, -0.15) is 30.7 Å². The molecule has 2 rings (SSSR count). The monoisotopic (exact) mass is 609 g/mol. The predicted molar refractivity (Wildman–Crippen MR) is 99.3 cm³/mol. The molecule has 0 saturated heterocycles. The van der Waals surface area contributed by atoms with Crippen LogP contribution in [0.2, 0.25) is 10.0 Å². The van der Waals surface area contributed by atoms with Crippen molar-refractivity contribution in [1.29, 1.82) is 0 Å². The van der Waals surface area contributed by atoms with Gasteiger partial charge in [-0.3, -0.25) is 0 Å². The summed E-state index contributed by atoms with van der Waals surface area (Å²) in [4.78, 5) is -1.57. The van der Waals surface area contributed by atoms with Crippen molar-refractivity contribution >= 4 is 64.9 Å². The molecule has 0 unspecified atom stereocenters. The molecule has 0 bridgehead atoms. The fourth-order valence-corrected chi connectivity index (χ4v) is 5.82. The maximum atomic E-state index is 14.2. The molecule has 2 aromatic rings. The van der Waals surface area contributed by atoms with Crippen LogP contribution in [0.25, 0.3) is 11.1 Å². The van der Waals surface area contributed by atoms with E-state index in [4.69, 9.17) is 23.2 Å². The van der Waals surface area contributed by atoms with E-state index in [2.05, 4.69) is 37.9 Å². The highest BCUT2D eigenvalue weighted by molar-refractivity contribution is 9.11. The van der Waals surface area contributed by atoms with Gasteiger partial charge in [0.1, 0.15) is 0 Å². The lowest BCUT2D eigenvalue weighted by atomic mass is 10.1. The summed E-state index contributed by atoms with van der Waals surface area (Å²) in [7, 11) is -6.64. The fraction of sp³-hybridized carbons (Fsp3) is 0.200. The van der Waals surface area contributed by atoms with Crippen LogP contribution in [-0.2, 0) is 9.84 Å². The minimum atomic E-state index is -6.89. The lowest BCUT2D eigenvalue weighted by Gasteiger charge is -2.28. The van der Waals surface area contributed by atoms with Crippen molar-refractivity contribution in [1.82, 2.24) is 0 Å². The third-order valence-corrected chi connectivity index (χ3v) is 7.00. The average Bonchev–Trinajstić information content (AvgIpc) is 2.54. The summed E-state index contributed by atoms with van der Waals surface area (Å²) in [6.07, 6.45) is -6.85. The molecule has 0 amide bonds. The molecule has 0 aliphatic carbocycles. The molecule has 29 heavy (non-hydrogen) atoms. The molecule has 0 aliphatic rings. The van der Waals surface area contributed by atoms with Gasteiger partial charge in [-0.1, -0.05) is 45.2 Å². The third kappa shape index (κ3) is 4.02. The van der Waals surface area contributed by atoms with E-state index in [9.17, 15) is 39.2 Å². The third-order valence-electron chi connectivity index (χ3n) is 3.51. The molecule has 14 heteroatoms. The second kappa shape index (κ2) is 7.85. The van der Waals surface area contributed by atoms with Crippen molar-refractivity contribution < 1.29 is 39.2 Å². The lowest BCUT2D eigenvalue weighted by Crippen LogP contribution is -2.56. The topological polar surface area (TPSA) is 34.1 Å². The zero-order chi connectivity index (χ0) is 22.6. The van der Waals surface area contributed by atoms with Crippen LogP contribution < -0.4 is 0 Å². The summed E-state index contributed by atoms with van der Waals surface area (Å²) in [5.41, 5.74) is -1.15. The maximum Gasteiger partial charge on any atom is 0.461 e. The van der Waals surface area contributed by atoms with Crippen molar-refractivity contribution in [3.63, 3.8) is 0 Å². The van der Waals surface area contributed by atoms with E-state index in [0.717, 1.165) is 0 Å². The van der Waals surface area contributed by atoms with E-state index in [0.29, 0.717) is 6.07 Å². The highest BCUT2D eigenvalue weighted by Gasteiger charge is 2.78. The number of rotatable bonds is 4. The van der Waals surface area contributed by atoms with Crippen LogP contribution >= 0.6 is 55.1 Å². The van der Waals surface area contributed by atoms with E-state index in [1.807, 2.05) is 0 Å². The molecule has 0 saturated carbocycles. The number of hydrogen-bond donors (Lipinski definition) is 0. The van der Waals surface area contributed by atoms with Crippen LogP contribution in [0.5, 0.6) is 0 Å². The molecule has 0 fully saturated rings. The number of alkyl halides is 7. The standard InChI is InChI=1S/C15H4Br2Cl2F7O2S/c16-6-4-7(17)11(12-8(18)2-1-3-9(12)19)10(5-6)29(27,28)15(25,26)13(20,21)14(22,23)24/h1-3,5H. The number of benzene rings is 2. The maximum absolute atomic E-state index is 14.2. The normalized spacial score (nSPS) is 13.6. The first-order valence-electron chi connectivity index (χ1n) is 6.89. The summed E-state index contributed by atoms with van der Waals surface area (Å²) in [5.74, 6) is -6.89. The molecule has 0 N–H and O–H groups in total. The molecule has 2 nitrogen and oxygen atoms in total. The second-order valence-corrected chi connectivity index (χ2v) is 9.78. The Balaban J connectivity index is 2.96. The molecule has 1 radical (unpaired) electrons. The summed E-state index contributed by atoms with van der Waals surface area (Å²) < 4.78 is 117. The largest absolute Gasteiger partial charge is 0.461 e. The van der Waals surface area contributed by atoms with Crippen molar-refractivity contribution in [2.75, 3.05) is 0 Å². The summed E-state index contributed by atoms with van der Waals surface area (Å²) in [6, 6.07) is 6.48. The molecule has 0 aliphatic heterocycles. The van der Waals surface area contributed by atoms with Gasteiger partial charge in [0.15, 0.2) is 0 Å². The van der Waals surface area contributed by atoms with Crippen LogP contribution in [0, 0.1) is 6.07 Å². The summed E-state index contributed by atoms with van der Waals surface area (Å²) in [5, 5.41) is -7.12. The van der Waals surface area contributed by atoms with Crippen LogP contribution in [0.4, 0.5) is 30.7 Å². The minimum absolute atomic E-state index is 0.281. The van der Waals surface area contributed by atoms with E-state index in [1.165, 1.54) is 18.2 Å². The summed E-state index contributed by atoms with van der Waals surface area (Å²) in [6.45, 7) is 0. The molecule has 159 valence electrons. The van der Waals surface area contributed by atoms with E-state index >= 15 is 0 Å². The predicted octanol–water partition coefficient (Wildman–Crippen LogP) is 7.55. The Hall–Kier alpha value is -0.560. The van der Waals surface area contributed by atoms with Crippen molar-refractivity contribution in [3.8, 4) is 11.1 Å². The van der Waals surface area contributed by atoms with Crippen molar-refractivity contribution in [2.45, 2.75) is 22.2 Å². The van der Waals surface area contributed by atoms with Gasteiger partial charge in [0.05, 0.1) is 4.90 Å². The average molecular weight is 612 g/mol. The van der Waals surface area contributed by atoms with E-state index in [-0.39, 0.29) is 19.0 Å². The van der Waals surface area contributed by atoms with Crippen LogP contribution in [0.15, 0.2) is 38.1 Å². The molecule has 0 heterocycles. The van der Waals surface area contributed by atoms with Gasteiger partial charge < -0.3 is 0 Å². The molecule has 2 aromatic carbocycles. The first kappa shape index (κ1) is 24.7. The molecule has 0 spiro atoms. The van der Waals surface area contributed by atoms with E-state index in [1.54, 1.807) is 0 Å². The Labute approximate surface area is 186 Å². The van der Waals surface area contributed by atoms with Crippen molar-refractivity contribution in [3.05, 3.63) is 49.3 Å². The molecule has 0 atom stereocenters. The smallest absolute Gasteiger partial charge is 0.217 e. The highest BCUT2D eigenvalue weighted by atomic mass is 79.9. The Morgan fingerprint density at radius 1 is 0.897 bits per heavy atom. The number of halogens is 11. The first-order chi connectivity index (χ1) is 13.0. The lowest BCUT2D eigenvalue weighted by molar-refractivity contribution is -0.332. The number of sulfone groups is 1. The molecular weight excluding hydrogens is 608 g/mol. The van der Waals surface area contributed by atoms with Gasteiger partial charge in [0, 0.05) is 36.2 Å². The second-order valence-electron chi connectivity index (χ2n) is 5.36. The highest BCUT2D eigenvalue weighted by Crippen LogP contribution is 2.53. The van der Waals surface area contributed by atoms with Gasteiger partial charge in [-0.05, 0) is 34.1 Å². The van der Waals surface area contributed by atoms with Gasteiger partial charge in [0.2, 0.25) is 0 Å². The number of hydrogen-bond acceptors (Lipinski definition) is 2. The Morgan fingerprint density at radius 3 is 1.83 bits per heavy atom. The van der Waals surface area contributed by atoms with Gasteiger partial charge in [0.25, 0.3) is 9.84 Å². The molecule has 0 aromatic heterocycles. The van der Waals surface area contributed by atoms with Gasteiger partial charge in [-0.15, -0.1) is 0 Å². The van der Waals surface area contributed by atoms with Gasteiger partial charge in [-0.25, -0.2) is 8.42 Å². The zero-order valence-corrected chi connectivity index (χ0v) is 18.7. The Morgan fingerprint density at radius 2 is 1.38 bits per heavy atom. The van der Waals surface area contributed by atoms with E-state index < -0.39 is 43.2 Å². The van der Waals surface area contributed by atoms with Crippen molar-refractivity contribution in [2.24, 2.45) is 0 Å². The Kier molecular flexibility index (Phi) is 6.69. The minimum Gasteiger partial charge on any atom is -0.217 e. The zero-order valence-electron chi connectivity index (χ0n) is 13.2. The van der Waals surface area contributed by atoms with Crippen LogP contribution in [0.3, 0.4) is 0 Å². The molecular formula is C15H4Br2Cl2F7O2S. The summed E-state index contributed by atoms with van der Waals surface area (Å²) >= 11 is 17.4.